The Morgan fingerprint density at radius 2 is 1.97 bits per heavy atom. The number of nitrogens with one attached hydrogen (secondary N) is 2. The molecule has 0 saturated carbocycles. The summed E-state index contributed by atoms with van der Waals surface area (Å²) in [6, 6.07) is 13.4. The van der Waals surface area contributed by atoms with Crippen LogP contribution in [-0.4, -0.2) is 42.9 Å². The highest BCUT2D eigenvalue weighted by atomic mass is 32.2. The Labute approximate surface area is 219 Å². The molecule has 2 N–H and O–H groups in total. The summed E-state index contributed by atoms with van der Waals surface area (Å²) in [5.74, 6) is 2.86. The number of furan rings is 1. The molecule has 196 valence electrons. The Bertz CT molecular complexity index is 930. The van der Waals surface area contributed by atoms with Crippen molar-refractivity contribution in [3.8, 4) is 0 Å². The fourth-order valence-electron chi connectivity index (χ4n) is 4.35. The van der Waals surface area contributed by atoms with Crippen LogP contribution >= 0.6 is 11.8 Å². The van der Waals surface area contributed by atoms with Crippen molar-refractivity contribution in [3.05, 3.63) is 72.2 Å². The molecule has 0 bridgehead atoms. The van der Waals surface area contributed by atoms with Crippen molar-refractivity contribution in [3.63, 3.8) is 0 Å². The number of hydrogen-bond donors (Lipinski definition) is 2. The molecule has 0 spiro atoms. The predicted octanol–water partition coefficient (Wildman–Crippen LogP) is 5.78. The van der Waals surface area contributed by atoms with Crippen molar-refractivity contribution in [2.75, 3.05) is 18.9 Å². The number of amides is 1. The first-order valence-corrected chi connectivity index (χ1v) is 14.1. The Morgan fingerprint density at radius 3 is 2.67 bits per heavy atom. The van der Waals surface area contributed by atoms with Gasteiger partial charge < -0.3 is 19.8 Å². The molecule has 3 rings (SSSR count). The number of carbonyl (C=O) groups is 2. The number of ketones is 1. The van der Waals surface area contributed by atoms with Gasteiger partial charge in [-0.1, -0.05) is 56.3 Å². The highest BCUT2D eigenvalue weighted by Gasteiger charge is 2.22. The van der Waals surface area contributed by atoms with E-state index in [1.165, 1.54) is 0 Å². The Morgan fingerprint density at radius 1 is 1.14 bits per heavy atom. The molecule has 3 atom stereocenters. The molecule has 2 aromatic rings. The highest BCUT2D eigenvalue weighted by molar-refractivity contribution is 7.99. The van der Waals surface area contributed by atoms with E-state index in [-0.39, 0.29) is 24.0 Å². The van der Waals surface area contributed by atoms with Crippen LogP contribution in [0.1, 0.15) is 50.9 Å². The zero-order valence-electron chi connectivity index (χ0n) is 21.5. The van der Waals surface area contributed by atoms with Crippen LogP contribution in [0.3, 0.4) is 0 Å². The van der Waals surface area contributed by atoms with Crippen LogP contribution in [0.15, 0.2) is 65.3 Å². The maximum Gasteiger partial charge on any atom is 0.407 e. The third-order valence-electron chi connectivity index (χ3n) is 6.26. The molecule has 0 radical (unpaired) electrons. The van der Waals surface area contributed by atoms with Crippen molar-refractivity contribution in [1.82, 2.24) is 10.6 Å². The molecule has 1 amide bonds. The quantitative estimate of drug-likeness (QED) is 0.295. The van der Waals surface area contributed by atoms with E-state index in [1.807, 2.05) is 42.5 Å². The number of allylic oxidation sites excluding steroid dienone is 2. The SMILES string of the molecule is CC(C)CC(CNC(Cc1ccccc1)C(=O)CSCc1ccco1)NC(=O)OCC1CC=CCC1. The number of hydrogen-bond acceptors (Lipinski definition) is 6. The Hall–Kier alpha value is -2.51. The van der Waals surface area contributed by atoms with E-state index in [1.54, 1.807) is 18.0 Å². The largest absolute Gasteiger partial charge is 0.468 e. The first-order chi connectivity index (χ1) is 17.5. The summed E-state index contributed by atoms with van der Waals surface area (Å²) in [5.41, 5.74) is 1.11. The van der Waals surface area contributed by atoms with E-state index in [2.05, 4.69) is 36.6 Å². The average Bonchev–Trinajstić information content (AvgIpc) is 3.39. The van der Waals surface area contributed by atoms with Crippen molar-refractivity contribution in [2.45, 2.75) is 63.8 Å². The number of ether oxygens (including phenoxy) is 1. The van der Waals surface area contributed by atoms with Gasteiger partial charge in [0, 0.05) is 12.6 Å². The van der Waals surface area contributed by atoms with Crippen molar-refractivity contribution in [1.29, 1.82) is 0 Å². The third-order valence-corrected chi connectivity index (χ3v) is 7.23. The van der Waals surface area contributed by atoms with Crippen molar-refractivity contribution >= 4 is 23.6 Å². The van der Waals surface area contributed by atoms with Crippen molar-refractivity contribution < 1.29 is 18.7 Å². The highest BCUT2D eigenvalue weighted by Crippen LogP contribution is 2.18. The van der Waals surface area contributed by atoms with Gasteiger partial charge in [-0.2, -0.15) is 0 Å². The van der Waals surface area contributed by atoms with E-state index >= 15 is 0 Å². The van der Waals surface area contributed by atoms with Crippen LogP contribution in [0.25, 0.3) is 0 Å². The summed E-state index contributed by atoms with van der Waals surface area (Å²) in [6.45, 7) is 5.21. The molecule has 0 aliphatic heterocycles. The van der Waals surface area contributed by atoms with Crippen LogP contribution in [-0.2, 0) is 21.7 Å². The molecule has 36 heavy (non-hydrogen) atoms. The lowest BCUT2D eigenvalue weighted by atomic mass is 9.95. The fraction of sp³-hybridized carbons (Fsp3) is 0.517. The van der Waals surface area contributed by atoms with Gasteiger partial charge in [-0.25, -0.2) is 4.79 Å². The second-order valence-corrected chi connectivity index (χ2v) is 10.9. The number of alkyl carbamates (subject to hydrolysis) is 1. The zero-order valence-corrected chi connectivity index (χ0v) is 22.3. The van der Waals surface area contributed by atoms with E-state index in [0.29, 0.717) is 42.9 Å². The monoisotopic (exact) mass is 512 g/mol. The molecule has 0 fully saturated rings. The summed E-state index contributed by atoms with van der Waals surface area (Å²) in [4.78, 5) is 25.7. The third kappa shape index (κ3) is 10.6. The minimum atomic E-state index is -0.378. The number of Topliss-reactive ketones (excluding diaryl/α,β-unsaturated/α-hetero) is 1. The lowest BCUT2D eigenvalue weighted by Gasteiger charge is -2.25. The van der Waals surface area contributed by atoms with Gasteiger partial charge in [-0.15, -0.1) is 11.8 Å². The van der Waals surface area contributed by atoms with Crippen LogP contribution in [0.5, 0.6) is 0 Å². The number of carbonyl (C=O) groups excluding carboxylic acids is 2. The van der Waals surface area contributed by atoms with E-state index < -0.39 is 0 Å². The first-order valence-electron chi connectivity index (χ1n) is 13.0. The van der Waals surface area contributed by atoms with Gasteiger partial charge in [-0.05, 0) is 61.6 Å². The van der Waals surface area contributed by atoms with Crippen LogP contribution < -0.4 is 10.6 Å². The maximum atomic E-state index is 13.2. The van der Waals surface area contributed by atoms with Crippen molar-refractivity contribution in [2.24, 2.45) is 11.8 Å². The minimum absolute atomic E-state index is 0.120. The lowest BCUT2D eigenvalue weighted by molar-refractivity contribution is -0.118. The van der Waals surface area contributed by atoms with E-state index in [4.69, 9.17) is 9.15 Å². The molecule has 0 saturated heterocycles. The zero-order chi connectivity index (χ0) is 25.6. The van der Waals surface area contributed by atoms with Gasteiger partial charge in [0.2, 0.25) is 0 Å². The standard InChI is InChI=1S/C29H40N2O4S/c1-22(2)16-25(31-29(33)35-19-24-12-7-4-8-13-24)18-30-27(17-23-10-5-3-6-11-23)28(32)21-36-20-26-14-9-15-34-26/h3-7,9-11,14-15,22,24-25,27,30H,8,12-13,16-21H2,1-2H3,(H,31,33). The molecule has 1 aliphatic rings. The van der Waals surface area contributed by atoms with E-state index in [0.717, 1.165) is 37.0 Å². The summed E-state index contributed by atoms with van der Waals surface area (Å²) in [6.07, 6.45) is 10.1. The molecular formula is C29H40N2O4S. The van der Waals surface area contributed by atoms with Crippen LogP contribution in [0.4, 0.5) is 4.79 Å². The van der Waals surface area contributed by atoms with Gasteiger partial charge >= 0.3 is 6.09 Å². The molecule has 1 aliphatic carbocycles. The van der Waals surface area contributed by atoms with E-state index in [9.17, 15) is 9.59 Å². The Kier molecular flexibility index (Phi) is 12.1. The van der Waals surface area contributed by atoms with Crippen LogP contribution in [0, 0.1) is 11.8 Å². The molecule has 6 nitrogen and oxygen atoms in total. The van der Waals surface area contributed by atoms with Gasteiger partial charge in [0.1, 0.15) is 5.76 Å². The van der Waals surface area contributed by atoms with Gasteiger partial charge in [0.25, 0.3) is 0 Å². The molecule has 1 aromatic carbocycles. The number of rotatable bonds is 15. The topological polar surface area (TPSA) is 80.6 Å². The first kappa shape index (κ1) is 28.1. The predicted molar refractivity (Wildman–Crippen MR) is 146 cm³/mol. The second kappa shape index (κ2) is 15.6. The number of thioether (sulfide) groups is 1. The summed E-state index contributed by atoms with van der Waals surface area (Å²) in [5, 5.41) is 6.50. The molecule has 3 unspecified atom stereocenters. The summed E-state index contributed by atoms with van der Waals surface area (Å²) < 4.78 is 10.9. The number of benzene rings is 1. The molecule has 1 heterocycles. The lowest BCUT2D eigenvalue weighted by Crippen LogP contribution is -2.49. The van der Waals surface area contributed by atoms with Gasteiger partial charge in [-0.3, -0.25) is 4.79 Å². The average molecular weight is 513 g/mol. The molecule has 1 aromatic heterocycles. The normalized spacial score (nSPS) is 17.0. The van der Waals surface area contributed by atoms with Gasteiger partial charge in [0.15, 0.2) is 5.78 Å². The maximum absolute atomic E-state index is 13.2. The Balaban J connectivity index is 1.54. The fourth-order valence-corrected chi connectivity index (χ4v) is 5.22. The van der Waals surface area contributed by atoms with Gasteiger partial charge in [0.05, 0.1) is 30.4 Å². The minimum Gasteiger partial charge on any atom is -0.468 e. The molecule has 7 heteroatoms. The smallest absolute Gasteiger partial charge is 0.407 e. The summed E-state index contributed by atoms with van der Waals surface area (Å²) >= 11 is 1.56. The summed E-state index contributed by atoms with van der Waals surface area (Å²) in [7, 11) is 0. The molecular weight excluding hydrogens is 472 g/mol. The second-order valence-electron chi connectivity index (χ2n) is 9.91. The van der Waals surface area contributed by atoms with Crippen LogP contribution in [0.2, 0.25) is 0 Å².